The molecule has 3 aromatic heterocycles. The SMILES string of the molecule is COc1cc(-c2ccc(C(F)(F)F)nc2NC(=O)c2cc3n(n2)CC(C)(C)CO3)ccn1. The van der Waals surface area contributed by atoms with Crippen LogP contribution in [0.5, 0.6) is 11.8 Å². The summed E-state index contributed by atoms with van der Waals surface area (Å²) in [4.78, 5) is 20.5. The monoisotopic (exact) mass is 447 g/mol. The Labute approximate surface area is 181 Å². The Hall–Kier alpha value is -3.63. The second kappa shape index (κ2) is 7.81. The first-order chi connectivity index (χ1) is 15.1. The molecule has 8 nitrogen and oxygen atoms in total. The molecule has 0 radical (unpaired) electrons. The van der Waals surface area contributed by atoms with Gasteiger partial charge in [0.25, 0.3) is 5.91 Å². The second-order valence-corrected chi connectivity index (χ2v) is 8.11. The molecule has 1 N–H and O–H groups in total. The van der Waals surface area contributed by atoms with Gasteiger partial charge in [-0.3, -0.25) is 4.79 Å². The van der Waals surface area contributed by atoms with E-state index in [9.17, 15) is 18.0 Å². The fourth-order valence-corrected chi connectivity index (χ4v) is 3.27. The summed E-state index contributed by atoms with van der Waals surface area (Å²) in [5, 5.41) is 6.71. The minimum atomic E-state index is -4.68. The maximum absolute atomic E-state index is 13.3. The van der Waals surface area contributed by atoms with Gasteiger partial charge in [-0.1, -0.05) is 13.8 Å². The molecule has 32 heavy (non-hydrogen) atoms. The van der Waals surface area contributed by atoms with Crippen LogP contribution in [0.4, 0.5) is 19.0 Å². The molecule has 3 aromatic rings. The van der Waals surface area contributed by atoms with E-state index >= 15 is 0 Å². The van der Waals surface area contributed by atoms with E-state index in [1.54, 1.807) is 10.7 Å². The lowest BCUT2D eigenvalue weighted by molar-refractivity contribution is -0.141. The zero-order valence-corrected chi connectivity index (χ0v) is 17.5. The number of hydrogen-bond acceptors (Lipinski definition) is 6. The van der Waals surface area contributed by atoms with Crippen molar-refractivity contribution in [2.24, 2.45) is 5.41 Å². The van der Waals surface area contributed by atoms with Crippen molar-refractivity contribution in [2.45, 2.75) is 26.6 Å². The van der Waals surface area contributed by atoms with Crippen LogP contribution in [0.2, 0.25) is 0 Å². The number of hydrogen-bond donors (Lipinski definition) is 1. The van der Waals surface area contributed by atoms with Crippen LogP contribution in [0.15, 0.2) is 36.5 Å². The first kappa shape index (κ1) is 21.6. The Bertz CT molecular complexity index is 1170. The van der Waals surface area contributed by atoms with E-state index in [0.29, 0.717) is 24.6 Å². The van der Waals surface area contributed by atoms with Gasteiger partial charge in [0.1, 0.15) is 11.5 Å². The molecule has 1 amide bonds. The number of halogens is 3. The number of fused-ring (bicyclic) bond motifs is 1. The van der Waals surface area contributed by atoms with Gasteiger partial charge in [-0.2, -0.15) is 18.3 Å². The number of pyridine rings is 2. The van der Waals surface area contributed by atoms with E-state index in [0.717, 1.165) is 6.07 Å². The zero-order chi connectivity index (χ0) is 23.1. The van der Waals surface area contributed by atoms with Crippen molar-refractivity contribution >= 4 is 11.7 Å². The minimum absolute atomic E-state index is 0.00942. The Balaban J connectivity index is 1.70. The third-order valence-electron chi connectivity index (χ3n) is 4.84. The number of carbonyl (C=O) groups excluding carboxylic acids is 1. The second-order valence-electron chi connectivity index (χ2n) is 8.11. The predicted octanol–water partition coefficient (Wildman–Crippen LogP) is 4.04. The summed E-state index contributed by atoms with van der Waals surface area (Å²) < 4.78 is 52.1. The van der Waals surface area contributed by atoms with Crippen LogP contribution in [0.1, 0.15) is 30.0 Å². The largest absolute Gasteiger partial charge is 0.481 e. The van der Waals surface area contributed by atoms with Gasteiger partial charge in [-0.25, -0.2) is 14.6 Å². The number of carbonyl (C=O) groups is 1. The third-order valence-corrected chi connectivity index (χ3v) is 4.84. The molecule has 0 spiro atoms. The molecule has 0 atom stereocenters. The molecule has 1 aliphatic heterocycles. The Morgan fingerprint density at radius 2 is 2.03 bits per heavy atom. The van der Waals surface area contributed by atoms with Crippen LogP contribution in [0.25, 0.3) is 11.1 Å². The summed E-state index contributed by atoms with van der Waals surface area (Å²) in [6.07, 6.45) is -3.24. The molecule has 0 fully saturated rings. The van der Waals surface area contributed by atoms with Crippen molar-refractivity contribution in [3.05, 3.63) is 47.9 Å². The number of anilines is 1. The van der Waals surface area contributed by atoms with Crippen LogP contribution in [-0.2, 0) is 12.7 Å². The van der Waals surface area contributed by atoms with Crippen LogP contribution in [-0.4, -0.2) is 39.4 Å². The fourth-order valence-electron chi connectivity index (χ4n) is 3.27. The van der Waals surface area contributed by atoms with Gasteiger partial charge in [-0.05, 0) is 23.8 Å². The molecule has 0 aliphatic carbocycles. The molecule has 1 aliphatic rings. The lowest BCUT2D eigenvalue weighted by atomic mass is 9.94. The molecular weight excluding hydrogens is 427 g/mol. The van der Waals surface area contributed by atoms with Gasteiger partial charge in [0.15, 0.2) is 5.69 Å². The smallest absolute Gasteiger partial charge is 0.433 e. The Kier molecular flexibility index (Phi) is 5.27. The molecule has 4 heterocycles. The highest BCUT2D eigenvalue weighted by molar-refractivity contribution is 6.04. The number of aromatic nitrogens is 4. The van der Waals surface area contributed by atoms with Gasteiger partial charge in [-0.15, -0.1) is 0 Å². The molecule has 168 valence electrons. The lowest BCUT2D eigenvalue weighted by Gasteiger charge is -2.29. The van der Waals surface area contributed by atoms with E-state index in [1.165, 1.54) is 31.5 Å². The van der Waals surface area contributed by atoms with Crippen molar-refractivity contribution in [1.82, 2.24) is 19.7 Å². The number of nitrogens with one attached hydrogen (secondary N) is 1. The fraction of sp³-hybridized carbons (Fsp3) is 0.333. The normalized spacial score (nSPS) is 14.9. The summed E-state index contributed by atoms with van der Waals surface area (Å²) in [7, 11) is 1.42. The molecule has 0 aromatic carbocycles. The average Bonchev–Trinajstić information content (AvgIpc) is 3.15. The standard InChI is InChI=1S/C21H20F3N5O3/c1-20(2)10-29-17(32-11-20)9-14(28-29)19(30)27-18-13(4-5-15(26-18)21(22,23)24)12-6-7-25-16(8-12)31-3/h4-9H,10-11H2,1-3H3,(H,26,27,30). The van der Waals surface area contributed by atoms with Crippen LogP contribution in [0.3, 0.4) is 0 Å². The number of ether oxygens (including phenoxy) is 2. The summed E-state index contributed by atoms with van der Waals surface area (Å²) in [6.45, 7) is 5.00. The number of nitrogens with zero attached hydrogens (tertiary/aromatic N) is 4. The van der Waals surface area contributed by atoms with Crippen LogP contribution < -0.4 is 14.8 Å². The quantitative estimate of drug-likeness (QED) is 0.649. The zero-order valence-electron chi connectivity index (χ0n) is 17.5. The number of methoxy groups -OCH3 is 1. The van der Waals surface area contributed by atoms with E-state index < -0.39 is 17.8 Å². The first-order valence-electron chi connectivity index (χ1n) is 9.66. The van der Waals surface area contributed by atoms with E-state index in [4.69, 9.17) is 9.47 Å². The van der Waals surface area contributed by atoms with Crippen molar-refractivity contribution < 1.29 is 27.4 Å². The Morgan fingerprint density at radius 3 is 2.75 bits per heavy atom. The van der Waals surface area contributed by atoms with Gasteiger partial charge >= 0.3 is 6.18 Å². The molecule has 11 heteroatoms. The summed E-state index contributed by atoms with van der Waals surface area (Å²) in [5.74, 6) is -0.278. The molecule has 0 bridgehead atoms. The van der Waals surface area contributed by atoms with Crippen LogP contribution in [0, 0.1) is 5.41 Å². The molecular formula is C21H20F3N5O3. The predicted molar refractivity (Wildman–Crippen MR) is 108 cm³/mol. The highest BCUT2D eigenvalue weighted by atomic mass is 19.4. The minimum Gasteiger partial charge on any atom is -0.481 e. The number of rotatable bonds is 4. The molecule has 0 saturated carbocycles. The van der Waals surface area contributed by atoms with Crippen molar-refractivity contribution in [2.75, 3.05) is 19.0 Å². The summed E-state index contributed by atoms with van der Waals surface area (Å²) in [5.41, 5.74) is -0.541. The first-order valence-corrected chi connectivity index (χ1v) is 9.66. The van der Waals surface area contributed by atoms with E-state index in [1.807, 2.05) is 13.8 Å². The molecule has 4 rings (SSSR count). The maximum atomic E-state index is 13.3. The Morgan fingerprint density at radius 1 is 1.25 bits per heavy atom. The maximum Gasteiger partial charge on any atom is 0.433 e. The van der Waals surface area contributed by atoms with Crippen molar-refractivity contribution in [3.63, 3.8) is 0 Å². The highest BCUT2D eigenvalue weighted by Crippen LogP contribution is 2.34. The number of alkyl halides is 3. The summed E-state index contributed by atoms with van der Waals surface area (Å²) >= 11 is 0. The topological polar surface area (TPSA) is 91.2 Å². The summed E-state index contributed by atoms with van der Waals surface area (Å²) in [6, 6.07) is 6.65. The number of amides is 1. The average molecular weight is 447 g/mol. The van der Waals surface area contributed by atoms with Gasteiger partial charge in [0.05, 0.1) is 20.3 Å². The van der Waals surface area contributed by atoms with E-state index in [-0.39, 0.29) is 28.4 Å². The lowest BCUT2D eigenvalue weighted by Crippen LogP contribution is -2.32. The van der Waals surface area contributed by atoms with Crippen molar-refractivity contribution in [3.8, 4) is 22.9 Å². The van der Waals surface area contributed by atoms with Gasteiger partial charge in [0.2, 0.25) is 11.8 Å². The van der Waals surface area contributed by atoms with Crippen LogP contribution >= 0.6 is 0 Å². The molecule has 0 unspecified atom stereocenters. The highest BCUT2D eigenvalue weighted by Gasteiger charge is 2.34. The van der Waals surface area contributed by atoms with E-state index in [2.05, 4.69) is 20.4 Å². The van der Waals surface area contributed by atoms with Gasteiger partial charge in [0, 0.05) is 29.3 Å². The molecule has 0 saturated heterocycles. The van der Waals surface area contributed by atoms with Gasteiger partial charge < -0.3 is 14.8 Å². The third kappa shape index (κ3) is 4.36. The van der Waals surface area contributed by atoms with Crippen molar-refractivity contribution in [1.29, 1.82) is 0 Å².